The maximum Gasteiger partial charge on any atom is 0.331 e. The first-order chi connectivity index (χ1) is 13.0. The van der Waals surface area contributed by atoms with E-state index in [2.05, 4.69) is 0 Å². The van der Waals surface area contributed by atoms with Gasteiger partial charge in [0, 0.05) is 18.2 Å². The van der Waals surface area contributed by atoms with E-state index < -0.39 is 30.4 Å². The average molecular weight is 376 g/mol. The molecule has 0 bridgehead atoms. The van der Waals surface area contributed by atoms with E-state index in [9.17, 15) is 14.4 Å². The van der Waals surface area contributed by atoms with E-state index in [0.29, 0.717) is 30.0 Å². The fraction of sp³-hybridized carbons (Fsp3) is 0.421. The summed E-state index contributed by atoms with van der Waals surface area (Å²) < 4.78 is 15.4. The Morgan fingerprint density at radius 3 is 2.67 bits per heavy atom. The number of benzene rings is 1. The van der Waals surface area contributed by atoms with Crippen LogP contribution in [0, 0.1) is 0 Å². The van der Waals surface area contributed by atoms with Crippen LogP contribution in [-0.2, 0) is 19.1 Å². The van der Waals surface area contributed by atoms with Gasteiger partial charge in [0.15, 0.2) is 6.61 Å². The minimum absolute atomic E-state index is 0.431. The van der Waals surface area contributed by atoms with Gasteiger partial charge in [-0.3, -0.25) is 9.59 Å². The van der Waals surface area contributed by atoms with Crippen LogP contribution in [0.25, 0.3) is 6.08 Å². The molecular weight excluding hydrogens is 352 g/mol. The third-order valence-electron chi connectivity index (χ3n) is 4.33. The standard InChI is InChI=1S/C19H24N2O6/c1-25-14-7-8-16(26-2)13(11-14)6-9-18(23)27-12-17(22)21-10-4-3-5-15(21)19(20)24/h6-9,11,15H,3-5,10,12H2,1-2H3,(H2,20,24)/b9-6+/t15-/m1/s1. The molecule has 146 valence electrons. The molecule has 2 amide bonds. The third kappa shape index (κ3) is 5.47. The molecule has 27 heavy (non-hydrogen) atoms. The highest BCUT2D eigenvalue weighted by Gasteiger charge is 2.30. The van der Waals surface area contributed by atoms with Gasteiger partial charge in [0.25, 0.3) is 5.91 Å². The number of primary amides is 1. The summed E-state index contributed by atoms with van der Waals surface area (Å²) in [6.45, 7) is -0.0109. The van der Waals surface area contributed by atoms with Crippen molar-refractivity contribution in [1.29, 1.82) is 0 Å². The van der Waals surface area contributed by atoms with Crippen LogP contribution in [0.2, 0.25) is 0 Å². The maximum absolute atomic E-state index is 12.3. The predicted octanol–water partition coefficient (Wildman–Crippen LogP) is 1.13. The van der Waals surface area contributed by atoms with Crippen LogP contribution < -0.4 is 15.2 Å². The number of ether oxygens (including phenoxy) is 3. The smallest absolute Gasteiger partial charge is 0.331 e. The van der Waals surface area contributed by atoms with Crippen molar-refractivity contribution in [1.82, 2.24) is 4.90 Å². The molecule has 8 nitrogen and oxygen atoms in total. The van der Waals surface area contributed by atoms with Crippen molar-refractivity contribution in [3.05, 3.63) is 29.8 Å². The predicted molar refractivity (Wildman–Crippen MR) is 98.1 cm³/mol. The van der Waals surface area contributed by atoms with Gasteiger partial charge in [-0.2, -0.15) is 0 Å². The highest BCUT2D eigenvalue weighted by atomic mass is 16.5. The SMILES string of the molecule is COc1ccc(OC)c(/C=C/C(=O)OCC(=O)N2CCCC[C@@H]2C(N)=O)c1. The summed E-state index contributed by atoms with van der Waals surface area (Å²) in [7, 11) is 3.05. The molecule has 1 fully saturated rings. The van der Waals surface area contributed by atoms with Crippen molar-refractivity contribution >= 4 is 23.9 Å². The van der Waals surface area contributed by atoms with Crippen molar-refractivity contribution in [2.75, 3.05) is 27.4 Å². The zero-order valence-electron chi connectivity index (χ0n) is 15.5. The summed E-state index contributed by atoms with van der Waals surface area (Å²) in [6, 6.07) is 4.52. The first-order valence-corrected chi connectivity index (χ1v) is 8.62. The molecule has 8 heteroatoms. The highest BCUT2D eigenvalue weighted by molar-refractivity contribution is 5.91. The first-order valence-electron chi connectivity index (χ1n) is 8.62. The molecule has 2 rings (SSSR count). The van der Waals surface area contributed by atoms with E-state index >= 15 is 0 Å². The molecule has 1 aromatic carbocycles. The number of esters is 1. The number of nitrogens with two attached hydrogens (primary N) is 1. The van der Waals surface area contributed by atoms with Gasteiger partial charge in [-0.15, -0.1) is 0 Å². The van der Waals surface area contributed by atoms with E-state index in [0.717, 1.165) is 12.8 Å². The number of piperidine rings is 1. The van der Waals surface area contributed by atoms with Crippen molar-refractivity contribution in [3.63, 3.8) is 0 Å². The summed E-state index contributed by atoms with van der Waals surface area (Å²) in [5.41, 5.74) is 5.97. The van der Waals surface area contributed by atoms with Crippen LogP contribution in [0.3, 0.4) is 0 Å². The second-order valence-corrected chi connectivity index (χ2v) is 6.05. The van der Waals surface area contributed by atoms with Gasteiger partial charge in [0.1, 0.15) is 17.5 Å². The molecule has 0 spiro atoms. The zero-order valence-corrected chi connectivity index (χ0v) is 15.5. The number of nitrogens with zero attached hydrogens (tertiary/aromatic N) is 1. The minimum Gasteiger partial charge on any atom is -0.497 e. The second kappa shape index (κ2) is 9.61. The lowest BCUT2D eigenvalue weighted by Gasteiger charge is -2.33. The third-order valence-corrected chi connectivity index (χ3v) is 4.33. The maximum atomic E-state index is 12.3. The second-order valence-electron chi connectivity index (χ2n) is 6.05. The Morgan fingerprint density at radius 2 is 2.00 bits per heavy atom. The van der Waals surface area contributed by atoms with Gasteiger partial charge < -0.3 is 24.8 Å². The Hall–Kier alpha value is -3.03. The molecule has 2 N–H and O–H groups in total. The summed E-state index contributed by atoms with van der Waals surface area (Å²) in [5.74, 6) is -0.477. The molecular formula is C19H24N2O6. The number of methoxy groups -OCH3 is 2. The molecule has 1 atom stereocenters. The molecule has 0 aromatic heterocycles. The van der Waals surface area contributed by atoms with Crippen LogP contribution >= 0.6 is 0 Å². The molecule has 0 unspecified atom stereocenters. The van der Waals surface area contributed by atoms with Crippen LogP contribution in [-0.4, -0.2) is 56.1 Å². The fourth-order valence-corrected chi connectivity index (χ4v) is 2.92. The molecule has 0 radical (unpaired) electrons. The van der Waals surface area contributed by atoms with E-state index in [1.54, 1.807) is 18.2 Å². The summed E-state index contributed by atoms with van der Waals surface area (Å²) >= 11 is 0. The quantitative estimate of drug-likeness (QED) is 0.564. The molecule has 0 saturated carbocycles. The molecule has 1 saturated heterocycles. The van der Waals surface area contributed by atoms with Gasteiger partial charge in [-0.1, -0.05) is 0 Å². The molecule has 1 heterocycles. The number of rotatable bonds is 7. The number of carbonyl (C=O) groups excluding carboxylic acids is 3. The number of likely N-dealkylation sites (tertiary alicyclic amines) is 1. The number of carbonyl (C=O) groups is 3. The number of amides is 2. The normalized spacial score (nSPS) is 16.8. The van der Waals surface area contributed by atoms with Gasteiger partial charge in [-0.05, 0) is 43.5 Å². The van der Waals surface area contributed by atoms with E-state index in [1.165, 1.54) is 31.3 Å². The molecule has 0 aliphatic carbocycles. The molecule has 1 aromatic rings. The van der Waals surface area contributed by atoms with Crippen LogP contribution in [0.1, 0.15) is 24.8 Å². The Labute approximate surface area is 157 Å². The van der Waals surface area contributed by atoms with Crippen molar-refractivity contribution in [2.24, 2.45) is 5.73 Å². The monoisotopic (exact) mass is 376 g/mol. The lowest BCUT2D eigenvalue weighted by atomic mass is 10.0. The number of hydrogen-bond donors (Lipinski definition) is 1. The van der Waals surface area contributed by atoms with Crippen LogP contribution in [0.4, 0.5) is 0 Å². The van der Waals surface area contributed by atoms with Crippen molar-refractivity contribution < 1.29 is 28.6 Å². The van der Waals surface area contributed by atoms with Gasteiger partial charge in [-0.25, -0.2) is 4.79 Å². The average Bonchev–Trinajstić information content (AvgIpc) is 2.69. The Morgan fingerprint density at radius 1 is 1.22 bits per heavy atom. The largest absolute Gasteiger partial charge is 0.497 e. The van der Waals surface area contributed by atoms with E-state index in [-0.39, 0.29) is 0 Å². The van der Waals surface area contributed by atoms with Gasteiger partial charge >= 0.3 is 5.97 Å². The van der Waals surface area contributed by atoms with E-state index in [1.807, 2.05) is 0 Å². The van der Waals surface area contributed by atoms with Crippen molar-refractivity contribution in [2.45, 2.75) is 25.3 Å². The Bertz CT molecular complexity index is 731. The summed E-state index contributed by atoms with van der Waals surface area (Å²) in [6.07, 6.45) is 4.87. The first kappa shape index (κ1) is 20.3. The van der Waals surface area contributed by atoms with Gasteiger partial charge in [0.2, 0.25) is 5.91 Å². The lowest BCUT2D eigenvalue weighted by Crippen LogP contribution is -2.51. The van der Waals surface area contributed by atoms with Crippen LogP contribution in [0.5, 0.6) is 11.5 Å². The lowest BCUT2D eigenvalue weighted by molar-refractivity contribution is -0.151. The highest BCUT2D eigenvalue weighted by Crippen LogP contribution is 2.25. The van der Waals surface area contributed by atoms with E-state index in [4.69, 9.17) is 19.9 Å². The zero-order chi connectivity index (χ0) is 19.8. The topological polar surface area (TPSA) is 108 Å². The van der Waals surface area contributed by atoms with Crippen molar-refractivity contribution in [3.8, 4) is 11.5 Å². The molecule has 1 aliphatic rings. The minimum atomic E-state index is -0.680. The number of hydrogen-bond acceptors (Lipinski definition) is 6. The summed E-state index contributed by atoms with van der Waals surface area (Å²) in [5, 5.41) is 0. The fourth-order valence-electron chi connectivity index (χ4n) is 2.92. The Balaban J connectivity index is 1.95. The van der Waals surface area contributed by atoms with Crippen LogP contribution in [0.15, 0.2) is 24.3 Å². The molecule has 1 aliphatic heterocycles. The Kier molecular flexibility index (Phi) is 7.22. The van der Waals surface area contributed by atoms with Gasteiger partial charge in [0.05, 0.1) is 14.2 Å². The summed E-state index contributed by atoms with van der Waals surface area (Å²) in [4.78, 5) is 37.0.